The molecule has 0 spiro atoms. The van der Waals surface area contributed by atoms with Crippen molar-refractivity contribution in [2.45, 2.75) is 20.4 Å². The van der Waals surface area contributed by atoms with E-state index in [1.54, 1.807) is 0 Å². The topological polar surface area (TPSA) is 112 Å². The van der Waals surface area contributed by atoms with Gasteiger partial charge in [-0.15, -0.1) is 0 Å². The van der Waals surface area contributed by atoms with Crippen molar-refractivity contribution >= 4 is 36.2 Å². The fraction of sp³-hybridized carbons (Fsp3) is 0.235. The van der Waals surface area contributed by atoms with Crippen molar-refractivity contribution < 1.29 is 24.5 Å². The second-order valence-electron chi connectivity index (χ2n) is 9.61. The summed E-state index contributed by atoms with van der Waals surface area (Å²) in [5, 5.41) is 22.9. The molecule has 0 heterocycles. The molecule has 4 aromatic carbocycles. The summed E-state index contributed by atoms with van der Waals surface area (Å²) in [5.74, 6) is 0.804. The quantitative estimate of drug-likeness (QED) is 0.0538. The summed E-state index contributed by atoms with van der Waals surface area (Å²) in [7, 11) is 0. The maximum absolute atomic E-state index is 8.74. The van der Waals surface area contributed by atoms with Gasteiger partial charge in [0.2, 0.25) is 0 Å². The number of hydrogen-bond acceptors (Lipinski definition) is 7. The maximum Gasteiger partial charge on any atom is 0.290 e. The van der Waals surface area contributed by atoms with Gasteiger partial charge < -0.3 is 30.3 Å². The number of nitrogens with one attached hydrogen (secondary N) is 2. The number of carboxylic acid groups (broad SMARTS) is 1. The van der Waals surface area contributed by atoms with E-state index in [0.29, 0.717) is 23.9 Å². The number of aliphatic imine (C=N–C) groups is 1. The third kappa shape index (κ3) is 10.2. The number of ether oxygens (including phenoxy) is 2. The first kappa shape index (κ1) is 33.3. The first-order valence-electron chi connectivity index (χ1n) is 13.8. The summed E-state index contributed by atoms with van der Waals surface area (Å²) >= 11 is 6.71. The minimum Gasteiger partial charge on any atom is -0.483 e. The molecule has 0 saturated heterocycles. The number of anilines is 1. The lowest BCUT2D eigenvalue weighted by atomic mass is 9.99. The standard InChI is InChI=1S/C33H36ClN3O3.CH2O2/c1-23-4-13-29(18-24(23)2)40-22-37-33-20-31(34)30(19-32(33)35-3)28-11-9-27(10-12-28)26-7-5-25(6-8-26)21-36-14-16-39-17-15-38;2-1-3/h4-13,18-20,36-38H,3,14-17,21-22H2,1-2H3;1H,(H,2,3). The first-order chi connectivity index (χ1) is 20.9. The number of benzene rings is 4. The molecule has 43 heavy (non-hydrogen) atoms. The number of aliphatic hydroxyl groups excluding tert-OH is 1. The van der Waals surface area contributed by atoms with Crippen LogP contribution in [0.25, 0.3) is 22.3 Å². The largest absolute Gasteiger partial charge is 0.483 e. The van der Waals surface area contributed by atoms with E-state index in [1.807, 2.05) is 30.3 Å². The normalized spacial score (nSPS) is 10.4. The number of nitrogens with zero attached hydrogens (tertiary/aromatic N) is 1. The van der Waals surface area contributed by atoms with Gasteiger partial charge in [-0.25, -0.2) is 0 Å². The van der Waals surface area contributed by atoms with Crippen molar-refractivity contribution in [1.29, 1.82) is 0 Å². The Balaban J connectivity index is 0.00000162. The summed E-state index contributed by atoms with van der Waals surface area (Å²) < 4.78 is 11.1. The van der Waals surface area contributed by atoms with Gasteiger partial charge in [-0.3, -0.25) is 9.79 Å². The Bertz CT molecular complexity index is 1460. The Hall–Kier alpha value is -4.21. The third-order valence-corrected chi connectivity index (χ3v) is 7.02. The van der Waals surface area contributed by atoms with E-state index in [-0.39, 0.29) is 19.8 Å². The van der Waals surface area contributed by atoms with Crippen LogP contribution in [0.15, 0.2) is 83.9 Å². The highest BCUT2D eigenvalue weighted by Gasteiger charge is 2.11. The summed E-state index contributed by atoms with van der Waals surface area (Å²) in [6.07, 6.45) is 0. The van der Waals surface area contributed by atoms with Crippen LogP contribution in [0.2, 0.25) is 5.02 Å². The smallest absolute Gasteiger partial charge is 0.290 e. The van der Waals surface area contributed by atoms with Crippen LogP contribution in [0.3, 0.4) is 0 Å². The zero-order valence-corrected chi connectivity index (χ0v) is 25.2. The Morgan fingerprint density at radius 3 is 2.19 bits per heavy atom. The Labute approximate surface area is 258 Å². The molecule has 0 saturated carbocycles. The van der Waals surface area contributed by atoms with Crippen LogP contribution >= 0.6 is 11.6 Å². The lowest BCUT2D eigenvalue weighted by Gasteiger charge is -2.15. The highest BCUT2D eigenvalue weighted by molar-refractivity contribution is 6.33. The summed E-state index contributed by atoms with van der Waals surface area (Å²) in [6.45, 7) is 10.4. The average Bonchev–Trinajstić information content (AvgIpc) is 3.02. The molecular formula is C34H38ClN3O5. The van der Waals surface area contributed by atoms with Crippen molar-refractivity contribution in [3.8, 4) is 28.0 Å². The summed E-state index contributed by atoms with van der Waals surface area (Å²) in [4.78, 5) is 12.6. The van der Waals surface area contributed by atoms with Gasteiger partial charge in [0.1, 0.15) is 5.75 Å². The van der Waals surface area contributed by atoms with Gasteiger partial charge in [-0.2, -0.15) is 0 Å². The van der Waals surface area contributed by atoms with Crippen LogP contribution in [-0.2, 0) is 16.1 Å². The Morgan fingerprint density at radius 2 is 1.56 bits per heavy atom. The molecule has 0 aliphatic heterocycles. The molecule has 0 fully saturated rings. The zero-order chi connectivity index (χ0) is 31.0. The molecule has 4 N–H and O–H groups in total. The van der Waals surface area contributed by atoms with Gasteiger partial charge >= 0.3 is 0 Å². The van der Waals surface area contributed by atoms with Crippen molar-refractivity contribution in [2.75, 3.05) is 38.4 Å². The summed E-state index contributed by atoms with van der Waals surface area (Å²) in [5.41, 5.74) is 9.24. The van der Waals surface area contributed by atoms with Crippen molar-refractivity contribution in [1.82, 2.24) is 5.32 Å². The number of aliphatic hydroxyl groups is 1. The predicted octanol–water partition coefficient (Wildman–Crippen LogP) is 6.87. The van der Waals surface area contributed by atoms with Crippen LogP contribution in [0.4, 0.5) is 11.4 Å². The SMILES string of the molecule is C=Nc1cc(-c2ccc(-c3ccc(CNCCOCCO)cc3)cc2)c(Cl)cc1NCOc1ccc(C)c(C)c1.O=CO. The molecule has 8 nitrogen and oxygen atoms in total. The number of carbonyl (C=O) groups is 1. The van der Waals surface area contributed by atoms with E-state index in [2.05, 4.69) is 84.7 Å². The van der Waals surface area contributed by atoms with E-state index >= 15 is 0 Å². The molecule has 0 aliphatic carbocycles. The van der Waals surface area contributed by atoms with Crippen LogP contribution < -0.4 is 15.4 Å². The second kappa shape index (κ2) is 17.7. The fourth-order valence-corrected chi connectivity index (χ4v) is 4.53. The lowest BCUT2D eigenvalue weighted by Crippen LogP contribution is -2.19. The van der Waals surface area contributed by atoms with Crippen molar-refractivity contribution in [2.24, 2.45) is 4.99 Å². The Kier molecular flexibility index (Phi) is 13.7. The molecule has 9 heteroatoms. The molecule has 226 valence electrons. The van der Waals surface area contributed by atoms with E-state index in [1.165, 1.54) is 16.7 Å². The van der Waals surface area contributed by atoms with Gasteiger partial charge in [0.05, 0.1) is 36.2 Å². The summed E-state index contributed by atoms with van der Waals surface area (Å²) in [6, 6.07) is 26.7. The number of halogens is 1. The van der Waals surface area contributed by atoms with Crippen molar-refractivity contribution in [3.05, 3.63) is 101 Å². The van der Waals surface area contributed by atoms with Crippen LogP contribution in [-0.4, -0.2) is 56.5 Å². The molecule has 0 aromatic heterocycles. The highest BCUT2D eigenvalue weighted by atomic mass is 35.5. The number of hydrogen-bond donors (Lipinski definition) is 4. The molecular weight excluding hydrogens is 566 g/mol. The van der Waals surface area contributed by atoms with E-state index < -0.39 is 0 Å². The van der Waals surface area contributed by atoms with E-state index in [0.717, 1.165) is 46.8 Å². The van der Waals surface area contributed by atoms with Crippen LogP contribution in [0.1, 0.15) is 16.7 Å². The zero-order valence-electron chi connectivity index (χ0n) is 24.5. The predicted molar refractivity (Wildman–Crippen MR) is 175 cm³/mol. The Morgan fingerprint density at radius 1 is 0.907 bits per heavy atom. The molecule has 0 unspecified atom stereocenters. The van der Waals surface area contributed by atoms with Crippen LogP contribution in [0, 0.1) is 13.8 Å². The van der Waals surface area contributed by atoms with Crippen molar-refractivity contribution in [3.63, 3.8) is 0 Å². The van der Waals surface area contributed by atoms with E-state index in [9.17, 15) is 0 Å². The molecule has 4 rings (SSSR count). The molecule has 0 bridgehead atoms. The van der Waals surface area contributed by atoms with Gasteiger partial charge in [-0.05, 0) is 78.2 Å². The lowest BCUT2D eigenvalue weighted by molar-refractivity contribution is -0.122. The monoisotopic (exact) mass is 603 g/mol. The molecule has 0 radical (unpaired) electrons. The van der Waals surface area contributed by atoms with E-state index in [4.69, 9.17) is 36.1 Å². The minimum absolute atomic E-state index is 0.0529. The highest BCUT2D eigenvalue weighted by Crippen LogP contribution is 2.38. The number of rotatable bonds is 14. The third-order valence-electron chi connectivity index (χ3n) is 6.71. The van der Waals surface area contributed by atoms with Gasteiger partial charge in [-0.1, -0.05) is 66.2 Å². The molecule has 0 atom stereocenters. The molecule has 0 aliphatic rings. The molecule has 0 amide bonds. The number of aryl methyl sites for hydroxylation is 2. The van der Waals surface area contributed by atoms with Gasteiger partial charge in [0, 0.05) is 18.7 Å². The first-order valence-corrected chi connectivity index (χ1v) is 14.2. The fourth-order valence-electron chi connectivity index (χ4n) is 4.26. The minimum atomic E-state index is -0.250. The van der Waals surface area contributed by atoms with Gasteiger partial charge in [0.25, 0.3) is 6.47 Å². The second-order valence-corrected chi connectivity index (χ2v) is 10.0. The molecule has 4 aromatic rings. The average molecular weight is 604 g/mol. The van der Waals surface area contributed by atoms with Gasteiger partial charge in [0.15, 0.2) is 6.73 Å². The van der Waals surface area contributed by atoms with Crippen LogP contribution in [0.5, 0.6) is 5.75 Å². The maximum atomic E-state index is 8.74.